The van der Waals surface area contributed by atoms with Gasteiger partial charge in [0.05, 0.1) is 30.3 Å². The van der Waals surface area contributed by atoms with Gasteiger partial charge in [0, 0.05) is 12.2 Å². The van der Waals surface area contributed by atoms with E-state index in [-0.39, 0.29) is 24.3 Å². The molecule has 1 aromatic rings. The number of amides is 1. The van der Waals surface area contributed by atoms with Gasteiger partial charge in [-0.05, 0) is 55.1 Å². The molecule has 7 heteroatoms. The van der Waals surface area contributed by atoms with E-state index in [0.29, 0.717) is 29.7 Å². The molecule has 1 saturated carbocycles. The maximum absolute atomic E-state index is 13.0. The second-order valence-corrected chi connectivity index (χ2v) is 9.70. The minimum Gasteiger partial charge on any atom is -0.463 e. The summed E-state index contributed by atoms with van der Waals surface area (Å²) in [5, 5.41) is 5.81. The van der Waals surface area contributed by atoms with Crippen molar-refractivity contribution in [1.29, 1.82) is 0 Å². The molecule has 1 unspecified atom stereocenters. The van der Waals surface area contributed by atoms with Gasteiger partial charge in [-0.3, -0.25) is 4.79 Å². The van der Waals surface area contributed by atoms with Crippen LogP contribution in [0.2, 0.25) is 0 Å². The lowest BCUT2D eigenvalue weighted by atomic mass is 9.92. The summed E-state index contributed by atoms with van der Waals surface area (Å²) in [5.74, 6) is 0.691. The largest absolute Gasteiger partial charge is 0.463 e. The highest BCUT2D eigenvalue weighted by Crippen LogP contribution is 2.45. The Balaban J connectivity index is 1.66. The molecule has 0 aromatic heterocycles. The number of carbonyl (C=O) groups excluding carboxylic acids is 2. The zero-order valence-electron chi connectivity index (χ0n) is 19.2. The lowest BCUT2D eigenvalue weighted by Crippen LogP contribution is -2.38. The molecular formula is C25H31N3O3S. The Labute approximate surface area is 194 Å². The number of hydrogen-bond acceptors (Lipinski definition) is 6. The molecule has 32 heavy (non-hydrogen) atoms. The molecule has 6 nitrogen and oxygen atoms in total. The molecule has 0 saturated heterocycles. The molecule has 2 heterocycles. The Bertz CT molecular complexity index is 990. The summed E-state index contributed by atoms with van der Waals surface area (Å²) in [5.41, 5.74) is 4.26. The molecule has 0 bridgehead atoms. The third kappa shape index (κ3) is 4.77. The molecule has 1 N–H and O–H groups in total. The van der Waals surface area contributed by atoms with Crippen LogP contribution < -0.4 is 5.32 Å². The fourth-order valence-corrected chi connectivity index (χ4v) is 4.99. The van der Waals surface area contributed by atoms with Gasteiger partial charge in [-0.1, -0.05) is 49.9 Å². The number of ether oxygens (including phenoxy) is 1. The smallest absolute Gasteiger partial charge is 0.338 e. The Morgan fingerprint density at radius 1 is 1.25 bits per heavy atom. The van der Waals surface area contributed by atoms with Crippen LogP contribution in [0.25, 0.3) is 0 Å². The minimum absolute atomic E-state index is 0.00265. The fourth-order valence-electron chi connectivity index (χ4n) is 4.03. The average molecular weight is 454 g/mol. The van der Waals surface area contributed by atoms with Crippen LogP contribution in [0.5, 0.6) is 0 Å². The van der Waals surface area contributed by atoms with Crippen molar-refractivity contribution in [1.82, 2.24) is 10.2 Å². The van der Waals surface area contributed by atoms with Crippen LogP contribution in [0.3, 0.4) is 0 Å². The first-order valence-electron chi connectivity index (χ1n) is 11.4. The number of benzene rings is 1. The molecule has 170 valence electrons. The van der Waals surface area contributed by atoms with Crippen LogP contribution in [-0.2, 0) is 14.3 Å². The lowest BCUT2D eigenvalue weighted by Gasteiger charge is -2.36. The number of allylic oxidation sites excluding steroid dienone is 1. The van der Waals surface area contributed by atoms with Gasteiger partial charge in [0.25, 0.3) is 0 Å². The maximum Gasteiger partial charge on any atom is 0.338 e. The van der Waals surface area contributed by atoms with Gasteiger partial charge in [0.1, 0.15) is 0 Å². The molecule has 2 aliphatic heterocycles. The van der Waals surface area contributed by atoms with Crippen molar-refractivity contribution in [2.75, 3.05) is 13.2 Å². The quantitative estimate of drug-likeness (QED) is 0.569. The van der Waals surface area contributed by atoms with Crippen LogP contribution >= 0.6 is 11.8 Å². The Hall–Kier alpha value is -2.54. The second-order valence-electron chi connectivity index (χ2n) is 8.86. The van der Waals surface area contributed by atoms with E-state index in [1.807, 2.05) is 17.2 Å². The maximum atomic E-state index is 13.0. The number of nitrogens with zero attached hydrogens (tertiary/aromatic N) is 2. The van der Waals surface area contributed by atoms with Crippen LogP contribution in [0.15, 0.2) is 51.6 Å². The molecule has 0 radical (unpaired) electrons. The van der Waals surface area contributed by atoms with E-state index in [4.69, 9.17) is 9.73 Å². The number of nitrogens with one attached hydrogen (secondary N) is 1. The first kappa shape index (κ1) is 22.6. The van der Waals surface area contributed by atoms with Gasteiger partial charge in [0.15, 0.2) is 5.17 Å². The van der Waals surface area contributed by atoms with Crippen molar-refractivity contribution in [3.8, 4) is 0 Å². The van der Waals surface area contributed by atoms with Crippen molar-refractivity contribution >= 4 is 28.8 Å². The standard InChI is InChI=1S/C25H31N3O3S/c1-5-31-24(30)22-16(4)27-25-28(23(22)19-10-8-18(9-11-19)15(2)3)20(14-32-25)12-21(29)26-13-17-6-7-17/h8-11,14-15,17,23H,5-7,12-13H2,1-4H3,(H,26,29). The van der Waals surface area contributed by atoms with E-state index in [9.17, 15) is 9.59 Å². The normalized spacial score (nSPS) is 20.2. The summed E-state index contributed by atoms with van der Waals surface area (Å²) < 4.78 is 5.40. The Morgan fingerprint density at radius 2 is 1.97 bits per heavy atom. The monoisotopic (exact) mass is 453 g/mol. The van der Waals surface area contributed by atoms with Crippen molar-refractivity contribution in [2.45, 2.75) is 58.9 Å². The third-order valence-corrected chi connectivity index (χ3v) is 6.93. The topological polar surface area (TPSA) is 71.0 Å². The van der Waals surface area contributed by atoms with E-state index in [1.165, 1.54) is 30.2 Å². The molecule has 3 aliphatic rings. The number of esters is 1. The van der Waals surface area contributed by atoms with Gasteiger partial charge < -0.3 is 15.0 Å². The summed E-state index contributed by atoms with van der Waals surface area (Å²) in [6.07, 6.45) is 2.65. The predicted molar refractivity (Wildman–Crippen MR) is 128 cm³/mol. The third-order valence-electron chi connectivity index (χ3n) is 6.04. The minimum atomic E-state index is -0.375. The molecule has 1 aromatic carbocycles. The molecule has 4 rings (SSSR count). The number of fused-ring (bicyclic) bond motifs is 1. The van der Waals surface area contributed by atoms with E-state index in [2.05, 4.69) is 43.4 Å². The van der Waals surface area contributed by atoms with Crippen molar-refractivity contribution in [3.05, 3.63) is 57.8 Å². The van der Waals surface area contributed by atoms with E-state index in [1.54, 1.807) is 6.92 Å². The number of carbonyl (C=O) groups is 2. The molecule has 1 amide bonds. The van der Waals surface area contributed by atoms with Crippen LogP contribution in [0, 0.1) is 5.92 Å². The van der Waals surface area contributed by atoms with Crippen LogP contribution in [-0.4, -0.2) is 35.1 Å². The van der Waals surface area contributed by atoms with E-state index >= 15 is 0 Å². The van der Waals surface area contributed by atoms with Crippen LogP contribution in [0.1, 0.15) is 70.0 Å². The van der Waals surface area contributed by atoms with Gasteiger partial charge >= 0.3 is 5.97 Å². The fraction of sp³-hybridized carbons (Fsp3) is 0.480. The highest BCUT2D eigenvalue weighted by atomic mass is 32.2. The number of rotatable bonds is 8. The first-order valence-corrected chi connectivity index (χ1v) is 12.2. The van der Waals surface area contributed by atoms with Gasteiger partial charge in [-0.2, -0.15) is 0 Å². The summed E-state index contributed by atoms with van der Waals surface area (Å²) in [6.45, 7) is 9.02. The first-order chi connectivity index (χ1) is 15.4. The number of thioether (sulfide) groups is 1. The van der Waals surface area contributed by atoms with E-state index in [0.717, 1.165) is 23.0 Å². The number of hydrogen-bond donors (Lipinski definition) is 1. The number of aliphatic imine (C=N–C) groups is 1. The molecule has 1 atom stereocenters. The van der Waals surface area contributed by atoms with Crippen LogP contribution in [0.4, 0.5) is 0 Å². The highest BCUT2D eigenvalue weighted by molar-refractivity contribution is 8.16. The van der Waals surface area contributed by atoms with Crippen molar-refractivity contribution in [2.24, 2.45) is 10.9 Å². The molecular weight excluding hydrogens is 422 g/mol. The SMILES string of the molecule is CCOC(=O)C1=C(C)N=C2SC=C(CC(=O)NCC3CC3)N2C1c1ccc(C(C)C)cc1. The number of amidine groups is 1. The highest BCUT2D eigenvalue weighted by Gasteiger charge is 2.41. The van der Waals surface area contributed by atoms with Crippen molar-refractivity contribution < 1.29 is 14.3 Å². The Kier molecular flexibility index (Phi) is 6.74. The molecule has 1 fully saturated rings. The second kappa shape index (κ2) is 9.53. The predicted octanol–water partition coefficient (Wildman–Crippen LogP) is 4.86. The summed E-state index contributed by atoms with van der Waals surface area (Å²) in [6, 6.07) is 7.99. The summed E-state index contributed by atoms with van der Waals surface area (Å²) in [4.78, 5) is 32.3. The summed E-state index contributed by atoms with van der Waals surface area (Å²) >= 11 is 1.50. The summed E-state index contributed by atoms with van der Waals surface area (Å²) in [7, 11) is 0. The molecule has 1 aliphatic carbocycles. The van der Waals surface area contributed by atoms with E-state index < -0.39 is 0 Å². The average Bonchev–Trinajstić information content (AvgIpc) is 3.52. The Morgan fingerprint density at radius 3 is 2.59 bits per heavy atom. The van der Waals surface area contributed by atoms with Gasteiger partial charge in [-0.15, -0.1) is 0 Å². The molecule has 0 spiro atoms. The van der Waals surface area contributed by atoms with Gasteiger partial charge in [0.2, 0.25) is 5.91 Å². The van der Waals surface area contributed by atoms with Gasteiger partial charge in [-0.25, -0.2) is 9.79 Å². The zero-order chi connectivity index (χ0) is 22.8. The lowest BCUT2D eigenvalue weighted by molar-refractivity contribution is -0.139. The van der Waals surface area contributed by atoms with Crippen molar-refractivity contribution in [3.63, 3.8) is 0 Å². The zero-order valence-corrected chi connectivity index (χ0v) is 20.0.